The van der Waals surface area contributed by atoms with Crippen LogP contribution in [0.4, 0.5) is 14.5 Å². The molecule has 3 aromatic rings. The van der Waals surface area contributed by atoms with Gasteiger partial charge in [0.05, 0.1) is 31.8 Å². The van der Waals surface area contributed by atoms with Gasteiger partial charge < -0.3 is 30.3 Å². The lowest BCUT2D eigenvalue weighted by Crippen LogP contribution is -2.43. The molecule has 10 heteroatoms. The van der Waals surface area contributed by atoms with Crippen LogP contribution >= 0.6 is 0 Å². The summed E-state index contributed by atoms with van der Waals surface area (Å²) in [6.45, 7) is 2.22. The molecule has 2 aromatic carbocycles. The summed E-state index contributed by atoms with van der Waals surface area (Å²) >= 11 is 0. The van der Waals surface area contributed by atoms with E-state index in [4.69, 9.17) is 4.74 Å². The van der Waals surface area contributed by atoms with Gasteiger partial charge in [0.15, 0.2) is 0 Å². The third-order valence-corrected chi connectivity index (χ3v) is 7.71. The molecule has 1 atom stereocenters. The number of carbonyl (C=O) groups is 1. The Balaban J connectivity index is 1.40. The Bertz CT molecular complexity index is 1270. The number of aliphatic hydroxyl groups excluding tert-OH is 2. The first-order valence-electron chi connectivity index (χ1n) is 13.1. The molecule has 0 spiro atoms. The van der Waals surface area contributed by atoms with Crippen molar-refractivity contribution >= 4 is 22.6 Å². The Labute approximate surface area is 226 Å². The molecule has 1 aliphatic heterocycles. The van der Waals surface area contributed by atoms with Crippen LogP contribution in [0.2, 0.25) is 0 Å². The molecule has 39 heavy (non-hydrogen) atoms. The van der Waals surface area contributed by atoms with Gasteiger partial charge in [-0.25, -0.2) is 8.78 Å². The number of benzene rings is 2. The normalized spacial score (nSPS) is 16.2. The largest absolute Gasteiger partial charge is 0.497 e. The molecule has 4 rings (SSSR count). The molecule has 2 heterocycles. The van der Waals surface area contributed by atoms with E-state index in [2.05, 4.69) is 15.2 Å². The number of anilines is 1. The molecule has 0 saturated carbocycles. The summed E-state index contributed by atoms with van der Waals surface area (Å²) in [4.78, 5) is 18.4. The number of aromatic nitrogens is 1. The smallest absolute Gasteiger partial charge is 0.303 e. The molecule has 4 N–H and O–H groups in total. The van der Waals surface area contributed by atoms with Crippen LogP contribution < -0.4 is 10.1 Å². The van der Waals surface area contributed by atoms with Crippen molar-refractivity contribution in [2.24, 2.45) is 5.41 Å². The number of hydrogen-bond donors (Lipinski definition) is 4. The van der Waals surface area contributed by atoms with Gasteiger partial charge in [0, 0.05) is 42.0 Å². The molecule has 210 valence electrons. The monoisotopic (exact) mass is 543 g/mol. The van der Waals surface area contributed by atoms with Crippen molar-refractivity contribution < 1.29 is 33.6 Å². The number of likely N-dealkylation sites (tertiary alicyclic amines) is 1. The number of aliphatic carboxylic acids is 1. The number of nitrogens with zero attached hydrogens (tertiary/aromatic N) is 2. The van der Waals surface area contributed by atoms with Crippen molar-refractivity contribution in [3.8, 4) is 5.75 Å². The fraction of sp³-hybridized carbons (Fsp3) is 0.448. The average Bonchev–Trinajstić information content (AvgIpc) is 2.91. The van der Waals surface area contributed by atoms with Crippen molar-refractivity contribution in [3.63, 3.8) is 0 Å². The lowest BCUT2D eigenvalue weighted by Gasteiger charge is -2.41. The Kier molecular flexibility index (Phi) is 9.32. The number of ether oxygens (including phenoxy) is 1. The standard InChI is InChI=1S/C29H35F2N3O5/c1-39-23-2-3-25-24(15-23)28(19(18-35)17-33-25)26(36)4-5-29(16-27(37)38)6-9-34(10-7-29)11-8-32-22-13-20(30)12-21(31)14-22/h2-3,12-15,17,26,32,35-36H,4-11,16,18H2,1H3,(H,37,38). The zero-order valence-corrected chi connectivity index (χ0v) is 22.0. The zero-order valence-electron chi connectivity index (χ0n) is 22.0. The predicted molar refractivity (Wildman–Crippen MR) is 144 cm³/mol. The second-order valence-corrected chi connectivity index (χ2v) is 10.3. The summed E-state index contributed by atoms with van der Waals surface area (Å²) in [6.07, 6.45) is 2.80. The maximum atomic E-state index is 13.4. The molecule has 1 aliphatic rings. The van der Waals surface area contributed by atoms with Crippen molar-refractivity contribution in [1.29, 1.82) is 0 Å². The number of fused-ring (bicyclic) bond motifs is 1. The summed E-state index contributed by atoms with van der Waals surface area (Å²) in [7, 11) is 1.56. The molecule has 1 fully saturated rings. The van der Waals surface area contributed by atoms with Crippen molar-refractivity contribution in [1.82, 2.24) is 9.88 Å². The summed E-state index contributed by atoms with van der Waals surface area (Å²) in [5.41, 5.74) is 1.69. The highest BCUT2D eigenvalue weighted by molar-refractivity contribution is 5.85. The molecule has 0 amide bonds. The number of hydrogen-bond acceptors (Lipinski definition) is 7. The van der Waals surface area contributed by atoms with Crippen LogP contribution in [0.5, 0.6) is 5.75 Å². The highest BCUT2D eigenvalue weighted by Gasteiger charge is 2.37. The first-order chi connectivity index (χ1) is 18.7. The van der Waals surface area contributed by atoms with Gasteiger partial charge in [-0.15, -0.1) is 0 Å². The third kappa shape index (κ3) is 7.20. The van der Waals surface area contributed by atoms with Crippen LogP contribution in [-0.4, -0.2) is 64.5 Å². The Morgan fingerprint density at radius 3 is 2.54 bits per heavy atom. The van der Waals surface area contributed by atoms with Crippen LogP contribution in [0.1, 0.15) is 49.3 Å². The van der Waals surface area contributed by atoms with Crippen LogP contribution in [0.3, 0.4) is 0 Å². The lowest BCUT2D eigenvalue weighted by atomic mass is 9.71. The summed E-state index contributed by atoms with van der Waals surface area (Å²) < 4.78 is 32.2. The predicted octanol–water partition coefficient (Wildman–Crippen LogP) is 4.50. The fourth-order valence-electron chi connectivity index (χ4n) is 5.57. The topological polar surface area (TPSA) is 115 Å². The van der Waals surface area contributed by atoms with Crippen LogP contribution in [0.25, 0.3) is 10.9 Å². The molecule has 1 saturated heterocycles. The first-order valence-corrected chi connectivity index (χ1v) is 13.1. The Hall–Kier alpha value is -3.34. The SMILES string of the molecule is COc1ccc2ncc(CO)c(C(O)CCC3(CC(=O)O)CCN(CCNc4cc(F)cc(F)c4)CC3)c2c1. The van der Waals surface area contributed by atoms with E-state index in [0.717, 1.165) is 6.07 Å². The summed E-state index contributed by atoms with van der Waals surface area (Å²) in [5.74, 6) is -1.54. The average molecular weight is 544 g/mol. The van der Waals surface area contributed by atoms with Gasteiger partial charge in [-0.1, -0.05) is 0 Å². The van der Waals surface area contributed by atoms with E-state index in [1.54, 1.807) is 31.5 Å². The van der Waals surface area contributed by atoms with E-state index in [-0.39, 0.29) is 13.0 Å². The molecule has 0 bridgehead atoms. The van der Waals surface area contributed by atoms with E-state index in [0.29, 0.717) is 85.3 Å². The van der Waals surface area contributed by atoms with E-state index in [1.165, 1.54) is 12.1 Å². The van der Waals surface area contributed by atoms with Gasteiger partial charge in [-0.3, -0.25) is 9.78 Å². The van der Waals surface area contributed by atoms with E-state index < -0.39 is 29.1 Å². The van der Waals surface area contributed by atoms with Gasteiger partial charge in [-0.2, -0.15) is 0 Å². The number of pyridine rings is 1. The molecule has 0 radical (unpaired) electrons. The molecule has 1 aromatic heterocycles. The van der Waals surface area contributed by atoms with Crippen molar-refractivity contribution in [3.05, 3.63) is 65.4 Å². The third-order valence-electron chi connectivity index (χ3n) is 7.71. The quantitative estimate of drug-likeness (QED) is 0.264. The lowest BCUT2D eigenvalue weighted by molar-refractivity contribution is -0.141. The molecule has 8 nitrogen and oxygen atoms in total. The van der Waals surface area contributed by atoms with Crippen molar-refractivity contribution in [2.45, 2.75) is 44.8 Å². The highest BCUT2D eigenvalue weighted by Crippen LogP contribution is 2.42. The number of nitrogens with one attached hydrogen (secondary N) is 1. The van der Waals surface area contributed by atoms with E-state index >= 15 is 0 Å². The fourth-order valence-corrected chi connectivity index (χ4v) is 5.57. The van der Waals surface area contributed by atoms with E-state index in [1.807, 2.05) is 0 Å². The molecular formula is C29H35F2N3O5. The Morgan fingerprint density at radius 2 is 1.90 bits per heavy atom. The van der Waals surface area contributed by atoms with Gasteiger partial charge >= 0.3 is 5.97 Å². The number of carboxylic acids is 1. The number of carboxylic acid groups (broad SMARTS) is 1. The van der Waals surface area contributed by atoms with Crippen LogP contribution in [-0.2, 0) is 11.4 Å². The van der Waals surface area contributed by atoms with Crippen LogP contribution in [0, 0.1) is 17.0 Å². The minimum atomic E-state index is -0.913. The maximum Gasteiger partial charge on any atom is 0.303 e. The summed E-state index contributed by atoms with van der Waals surface area (Å²) in [6, 6.07) is 8.68. The van der Waals surface area contributed by atoms with E-state index in [9.17, 15) is 28.9 Å². The number of aliphatic hydroxyl groups is 2. The zero-order chi connectivity index (χ0) is 28.0. The Morgan fingerprint density at radius 1 is 1.18 bits per heavy atom. The van der Waals surface area contributed by atoms with Gasteiger partial charge in [0.2, 0.25) is 0 Å². The van der Waals surface area contributed by atoms with Gasteiger partial charge in [0.25, 0.3) is 0 Å². The van der Waals surface area contributed by atoms with Gasteiger partial charge in [0.1, 0.15) is 17.4 Å². The van der Waals surface area contributed by atoms with Gasteiger partial charge in [-0.05, 0) is 80.1 Å². The first kappa shape index (κ1) is 28.7. The minimum Gasteiger partial charge on any atom is -0.497 e. The molecular weight excluding hydrogens is 508 g/mol. The number of rotatable bonds is 12. The maximum absolute atomic E-state index is 13.4. The second-order valence-electron chi connectivity index (χ2n) is 10.3. The molecule has 0 aliphatic carbocycles. The number of halogens is 2. The number of piperidine rings is 1. The minimum absolute atomic E-state index is 0.00610. The van der Waals surface area contributed by atoms with Crippen LogP contribution in [0.15, 0.2) is 42.6 Å². The second kappa shape index (κ2) is 12.7. The molecule has 1 unspecified atom stereocenters. The number of methoxy groups -OCH3 is 1. The summed E-state index contributed by atoms with van der Waals surface area (Å²) in [5, 5.41) is 34.6. The van der Waals surface area contributed by atoms with Crippen molar-refractivity contribution in [2.75, 3.05) is 38.6 Å². The highest BCUT2D eigenvalue weighted by atomic mass is 19.1.